The van der Waals surface area contributed by atoms with Crippen LogP contribution >= 0.6 is 12.2 Å². The minimum atomic E-state index is -0.120. The van der Waals surface area contributed by atoms with Crippen LogP contribution in [0.3, 0.4) is 0 Å². The van der Waals surface area contributed by atoms with Crippen LogP contribution in [0, 0.1) is 20.8 Å². The van der Waals surface area contributed by atoms with Gasteiger partial charge in [-0.05, 0) is 117 Å². The summed E-state index contributed by atoms with van der Waals surface area (Å²) in [6, 6.07) is 32.3. The molecule has 0 aliphatic carbocycles. The van der Waals surface area contributed by atoms with Crippen LogP contribution in [0.1, 0.15) is 40.3 Å². The third kappa shape index (κ3) is 5.16. The Labute approximate surface area is 246 Å². The topological polar surface area (TPSA) is 51.6 Å². The Kier molecular flexibility index (Phi) is 7.20. The molecule has 1 aliphatic heterocycles. The van der Waals surface area contributed by atoms with E-state index in [2.05, 4.69) is 84.1 Å². The van der Waals surface area contributed by atoms with Crippen molar-refractivity contribution in [1.29, 1.82) is 0 Å². The number of aryl methyl sites for hydroxylation is 2. The van der Waals surface area contributed by atoms with Gasteiger partial charge in [-0.15, -0.1) is 0 Å². The molecule has 6 rings (SSSR count). The molecule has 41 heavy (non-hydrogen) atoms. The van der Waals surface area contributed by atoms with Crippen molar-refractivity contribution in [2.24, 2.45) is 0 Å². The van der Waals surface area contributed by atoms with Crippen LogP contribution in [0.5, 0.6) is 17.2 Å². The molecule has 1 saturated heterocycles. The molecule has 0 unspecified atom stereocenters. The summed E-state index contributed by atoms with van der Waals surface area (Å²) in [5.74, 6) is 2.28. The Morgan fingerprint density at radius 2 is 1.41 bits per heavy atom. The van der Waals surface area contributed by atoms with Gasteiger partial charge in [0.1, 0.15) is 17.2 Å². The van der Waals surface area contributed by atoms with Crippen LogP contribution in [0.25, 0.3) is 5.69 Å². The monoisotopic (exact) mass is 560 g/mol. The maximum atomic E-state index is 6.08. The van der Waals surface area contributed by atoms with Crippen molar-refractivity contribution in [2.45, 2.75) is 32.9 Å². The normalized spacial score (nSPS) is 16.5. The van der Waals surface area contributed by atoms with Crippen molar-refractivity contribution < 1.29 is 9.47 Å². The SMILES string of the molecule is COc1ccc(Oc2ccc(N3C(=S)N[C@@H](c4ccccn4)[C@@H]3c3cc(C)n(-c4ccc(C)cc4)c3C)cc2)cc1. The lowest BCUT2D eigenvalue weighted by atomic mass is 9.96. The number of anilines is 1. The second-order valence-electron chi connectivity index (χ2n) is 10.3. The third-order valence-corrected chi connectivity index (χ3v) is 7.90. The Bertz CT molecular complexity index is 1660. The average molecular weight is 561 g/mol. The number of pyridine rings is 1. The van der Waals surface area contributed by atoms with E-state index in [1.54, 1.807) is 7.11 Å². The summed E-state index contributed by atoms with van der Waals surface area (Å²) >= 11 is 5.97. The zero-order valence-corrected chi connectivity index (χ0v) is 24.4. The summed E-state index contributed by atoms with van der Waals surface area (Å²) in [4.78, 5) is 6.92. The fourth-order valence-electron chi connectivity index (χ4n) is 5.58. The number of nitrogens with one attached hydrogen (secondary N) is 1. The number of nitrogens with zero attached hydrogens (tertiary/aromatic N) is 3. The van der Waals surface area contributed by atoms with Crippen molar-refractivity contribution in [3.63, 3.8) is 0 Å². The average Bonchev–Trinajstić information content (AvgIpc) is 3.49. The summed E-state index contributed by atoms with van der Waals surface area (Å²) < 4.78 is 13.7. The molecule has 0 bridgehead atoms. The van der Waals surface area contributed by atoms with Gasteiger partial charge in [0.2, 0.25) is 0 Å². The van der Waals surface area contributed by atoms with E-state index < -0.39 is 0 Å². The van der Waals surface area contributed by atoms with Gasteiger partial charge in [0.05, 0.1) is 24.9 Å². The van der Waals surface area contributed by atoms with E-state index in [4.69, 9.17) is 26.7 Å². The van der Waals surface area contributed by atoms with Crippen molar-refractivity contribution >= 4 is 23.0 Å². The number of ether oxygens (including phenoxy) is 2. The van der Waals surface area contributed by atoms with Crippen molar-refractivity contribution in [3.05, 3.63) is 131 Å². The predicted molar refractivity (Wildman–Crippen MR) is 167 cm³/mol. The third-order valence-electron chi connectivity index (χ3n) is 7.59. The minimum Gasteiger partial charge on any atom is -0.497 e. The first-order valence-corrected chi connectivity index (χ1v) is 14.0. The zero-order valence-electron chi connectivity index (χ0n) is 23.5. The number of methoxy groups -OCH3 is 1. The van der Waals surface area contributed by atoms with Crippen LogP contribution in [0.15, 0.2) is 103 Å². The van der Waals surface area contributed by atoms with Crippen molar-refractivity contribution in [1.82, 2.24) is 14.9 Å². The summed E-state index contributed by atoms with van der Waals surface area (Å²) in [5, 5.41) is 4.24. The summed E-state index contributed by atoms with van der Waals surface area (Å²) in [7, 11) is 1.65. The Morgan fingerprint density at radius 1 is 0.780 bits per heavy atom. The van der Waals surface area contributed by atoms with Gasteiger partial charge in [-0.3, -0.25) is 4.98 Å². The van der Waals surface area contributed by atoms with Gasteiger partial charge in [0.25, 0.3) is 0 Å². The zero-order chi connectivity index (χ0) is 28.5. The van der Waals surface area contributed by atoms with Gasteiger partial charge in [-0.25, -0.2) is 0 Å². The van der Waals surface area contributed by atoms with Crippen LogP contribution in [-0.4, -0.2) is 21.8 Å². The lowest BCUT2D eigenvalue weighted by Crippen LogP contribution is -2.29. The number of hydrogen-bond donors (Lipinski definition) is 1. The quantitative estimate of drug-likeness (QED) is 0.205. The highest BCUT2D eigenvalue weighted by Crippen LogP contribution is 2.44. The number of rotatable bonds is 7. The highest BCUT2D eigenvalue weighted by atomic mass is 32.1. The number of aromatic nitrogens is 2. The summed E-state index contributed by atoms with van der Waals surface area (Å²) in [6.45, 7) is 6.45. The second kappa shape index (κ2) is 11.1. The first kappa shape index (κ1) is 26.6. The maximum absolute atomic E-state index is 6.08. The van der Waals surface area contributed by atoms with E-state index >= 15 is 0 Å². The maximum Gasteiger partial charge on any atom is 0.174 e. The Morgan fingerprint density at radius 3 is 2.05 bits per heavy atom. The largest absolute Gasteiger partial charge is 0.497 e. The molecule has 1 aliphatic rings. The minimum absolute atomic E-state index is 0.101. The first-order chi connectivity index (χ1) is 19.9. The van der Waals surface area contributed by atoms with Crippen LogP contribution in [0.4, 0.5) is 5.69 Å². The number of thiocarbonyl (C=S) groups is 1. The van der Waals surface area contributed by atoms with E-state index in [0.29, 0.717) is 5.11 Å². The second-order valence-corrected chi connectivity index (χ2v) is 10.7. The molecule has 5 aromatic rings. The molecule has 0 saturated carbocycles. The van der Waals surface area contributed by atoms with Crippen LogP contribution in [-0.2, 0) is 0 Å². The van der Waals surface area contributed by atoms with Crippen molar-refractivity contribution in [3.8, 4) is 22.9 Å². The number of hydrogen-bond acceptors (Lipinski definition) is 4. The lowest BCUT2D eigenvalue weighted by molar-refractivity contribution is 0.413. The molecule has 0 amide bonds. The summed E-state index contributed by atoms with van der Waals surface area (Å²) in [6.07, 6.45) is 1.83. The van der Waals surface area contributed by atoms with Gasteiger partial charge in [0, 0.05) is 29.0 Å². The molecule has 3 aromatic carbocycles. The molecule has 3 heterocycles. The van der Waals surface area contributed by atoms with E-state index in [-0.39, 0.29) is 12.1 Å². The molecule has 1 fully saturated rings. The number of benzene rings is 3. The predicted octanol–water partition coefficient (Wildman–Crippen LogP) is 7.78. The van der Waals surface area contributed by atoms with Gasteiger partial charge in [-0.2, -0.15) is 0 Å². The van der Waals surface area contributed by atoms with Crippen LogP contribution < -0.4 is 19.7 Å². The highest BCUT2D eigenvalue weighted by Gasteiger charge is 2.42. The molecule has 0 spiro atoms. The van der Waals surface area contributed by atoms with E-state index in [9.17, 15) is 0 Å². The van der Waals surface area contributed by atoms with Crippen molar-refractivity contribution in [2.75, 3.05) is 12.0 Å². The first-order valence-electron chi connectivity index (χ1n) is 13.6. The fourth-order valence-corrected chi connectivity index (χ4v) is 5.93. The molecule has 2 aromatic heterocycles. The standard InChI is InChI=1S/C34H32N4O2S/c1-22-8-10-25(11-9-22)37-23(2)21-30(24(37)3)33-32(31-7-5-6-20-35-31)36-34(41)38(33)26-12-14-28(15-13-26)40-29-18-16-27(39-4)17-19-29/h5-21,32-33H,1-4H3,(H,36,41)/t32-,33-/m0/s1. The molecule has 0 radical (unpaired) electrons. The van der Waals surface area contributed by atoms with E-state index in [1.165, 1.54) is 22.5 Å². The van der Waals surface area contributed by atoms with Gasteiger partial charge in [-0.1, -0.05) is 23.8 Å². The Hall–Kier alpha value is -4.62. The molecular weight excluding hydrogens is 528 g/mol. The molecule has 206 valence electrons. The molecular formula is C34H32N4O2S. The van der Waals surface area contributed by atoms with Crippen LogP contribution in [0.2, 0.25) is 0 Å². The molecule has 1 N–H and O–H groups in total. The molecule has 6 nitrogen and oxygen atoms in total. The van der Waals surface area contributed by atoms with Gasteiger partial charge >= 0.3 is 0 Å². The van der Waals surface area contributed by atoms with E-state index in [1.807, 2.05) is 54.7 Å². The smallest absolute Gasteiger partial charge is 0.174 e. The molecule has 7 heteroatoms. The molecule has 2 atom stereocenters. The summed E-state index contributed by atoms with van der Waals surface area (Å²) in [5.41, 5.74) is 7.85. The fraction of sp³-hybridized carbons (Fsp3) is 0.176. The lowest BCUT2D eigenvalue weighted by Gasteiger charge is -2.28. The van der Waals surface area contributed by atoms with Gasteiger partial charge < -0.3 is 24.3 Å². The Balaban J connectivity index is 1.38. The van der Waals surface area contributed by atoms with Gasteiger partial charge in [0.15, 0.2) is 5.11 Å². The highest BCUT2D eigenvalue weighted by molar-refractivity contribution is 7.80. The van der Waals surface area contributed by atoms with E-state index in [0.717, 1.165) is 34.3 Å².